The third-order valence-corrected chi connectivity index (χ3v) is 3.49. The Balaban J connectivity index is 2.02. The molecule has 4 heteroatoms. The van der Waals surface area contributed by atoms with Crippen molar-refractivity contribution in [3.8, 4) is 6.07 Å². The van der Waals surface area contributed by atoms with Crippen LogP contribution in [-0.2, 0) is 4.74 Å². The fraction of sp³-hybridized carbons (Fsp3) is 0.462. The fourth-order valence-corrected chi connectivity index (χ4v) is 2.44. The van der Waals surface area contributed by atoms with Crippen LogP contribution < -0.4 is 5.32 Å². The van der Waals surface area contributed by atoms with Gasteiger partial charge in [-0.1, -0.05) is 11.6 Å². The van der Waals surface area contributed by atoms with Gasteiger partial charge in [0.25, 0.3) is 0 Å². The standard InChI is InChI=1S/C13H15ClN2O/c1-17-11-4-3-10(7-11)16-13-5-2-9(8-15)6-12(13)14/h2,5-6,10-11,16H,3-4,7H2,1H3. The van der Waals surface area contributed by atoms with Crippen LogP contribution in [0.15, 0.2) is 18.2 Å². The van der Waals surface area contributed by atoms with Gasteiger partial charge in [-0.3, -0.25) is 0 Å². The Hall–Kier alpha value is -1.24. The van der Waals surface area contributed by atoms with E-state index in [1.165, 1.54) is 0 Å². The second-order valence-electron chi connectivity index (χ2n) is 4.32. The first-order valence-electron chi connectivity index (χ1n) is 5.72. The maximum Gasteiger partial charge on any atom is 0.0992 e. The predicted molar refractivity (Wildman–Crippen MR) is 68.2 cm³/mol. The number of rotatable bonds is 3. The molecule has 17 heavy (non-hydrogen) atoms. The summed E-state index contributed by atoms with van der Waals surface area (Å²) in [5.41, 5.74) is 1.48. The van der Waals surface area contributed by atoms with Crippen molar-refractivity contribution in [1.29, 1.82) is 5.26 Å². The minimum Gasteiger partial charge on any atom is -0.381 e. The van der Waals surface area contributed by atoms with Gasteiger partial charge in [0.1, 0.15) is 0 Å². The Morgan fingerprint density at radius 3 is 2.88 bits per heavy atom. The Morgan fingerprint density at radius 1 is 1.47 bits per heavy atom. The van der Waals surface area contributed by atoms with Gasteiger partial charge in [-0.2, -0.15) is 5.26 Å². The SMILES string of the molecule is COC1CCC(Nc2ccc(C#N)cc2Cl)C1. The number of hydrogen-bond donors (Lipinski definition) is 1. The molecule has 1 aliphatic rings. The second-order valence-corrected chi connectivity index (χ2v) is 4.73. The van der Waals surface area contributed by atoms with Crippen molar-refractivity contribution in [2.45, 2.75) is 31.4 Å². The molecule has 1 saturated carbocycles. The van der Waals surface area contributed by atoms with Gasteiger partial charge in [0.2, 0.25) is 0 Å². The van der Waals surface area contributed by atoms with Crippen LogP contribution in [0.2, 0.25) is 5.02 Å². The molecule has 0 heterocycles. The third kappa shape index (κ3) is 2.91. The number of anilines is 1. The van der Waals surface area contributed by atoms with Gasteiger partial charge in [-0.25, -0.2) is 0 Å². The van der Waals surface area contributed by atoms with E-state index in [4.69, 9.17) is 21.6 Å². The summed E-state index contributed by atoms with van der Waals surface area (Å²) in [5.74, 6) is 0. The second kappa shape index (κ2) is 5.39. The highest BCUT2D eigenvalue weighted by molar-refractivity contribution is 6.33. The maximum absolute atomic E-state index is 8.76. The van der Waals surface area contributed by atoms with Gasteiger partial charge in [-0.05, 0) is 37.5 Å². The molecule has 3 nitrogen and oxygen atoms in total. The maximum atomic E-state index is 8.76. The zero-order chi connectivity index (χ0) is 12.3. The lowest BCUT2D eigenvalue weighted by molar-refractivity contribution is 0.108. The molecule has 1 aromatic rings. The summed E-state index contributed by atoms with van der Waals surface area (Å²) in [6.45, 7) is 0. The van der Waals surface area contributed by atoms with Gasteiger partial charge >= 0.3 is 0 Å². The van der Waals surface area contributed by atoms with Crippen molar-refractivity contribution in [2.75, 3.05) is 12.4 Å². The normalized spacial score (nSPS) is 23.4. The minimum atomic E-state index is 0.352. The Bertz CT molecular complexity index is 442. The van der Waals surface area contributed by atoms with Crippen LogP contribution in [0.5, 0.6) is 0 Å². The first-order chi connectivity index (χ1) is 8.22. The van der Waals surface area contributed by atoms with Crippen LogP contribution in [0, 0.1) is 11.3 Å². The smallest absolute Gasteiger partial charge is 0.0992 e. The molecule has 0 aliphatic heterocycles. The van der Waals surface area contributed by atoms with E-state index in [1.54, 1.807) is 19.2 Å². The molecule has 0 saturated heterocycles. The zero-order valence-corrected chi connectivity index (χ0v) is 10.5. The largest absolute Gasteiger partial charge is 0.381 e. The summed E-state index contributed by atoms with van der Waals surface area (Å²) in [4.78, 5) is 0. The van der Waals surface area contributed by atoms with E-state index in [9.17, 15) is 0 Å². The first-order valence-corrected chi connectivity index (χ1v) is 6.09. The van der Waals surface area contributed by atoms with Crippen LogP contribution in [0.3, 0.4) is 0 Å². The number of ether oxygens (including phenoxy) is 1. The lowest BCUT2D eigenvalue weighted by Gasteiger charge is -2.15. The van der Waals surface area contributed by atoms with Gasteiger partial charge in [0, 0.05) is 13.2 Å². The van der Waals surface area contributed by atoms with E-state index in [0.717, 1.165) is 24.9 Å². The molecule has 1 aromatic carbocycles. The van der Waals surface area contributed by atoms with E-state index in [2.05, 4.69) is 11.4 Å². The van der Waals surface area contributed by atoms with Crippen LogP contribution in [0.1, 0.15) is 24.8 Å². The number of halogens is 1. The molecule has 2 rings (SSSR count). The van der Waals surface area contributed by atoms with Crippen molar-refractivity contribution in [3.05, 3.63) is 28.8 Å². The van der Waals surface area contributed by atoms with Crippen molar-refractivity contribution >= 4 is 17.3 Å². The number of nitriles is 1. The highest BCUT2D eigenvalue weighted by atomic mass is 35.5. The monoisotopic (exact) mass is 250 g/mol. The van der Waals surface area contributed by atoms with Crippen LogP contribution in [-0.4, -0.2) is 19.3 Å². The summed E-state index contributed by atoms with van der Waals surface area (Å²) in [6.07, 6.45) is 3.54. The van der Waals surface area contributed by atoms with Gasteiger partial charge < -0.3 is 10.1 Å². The van der Waals surface area contributed by atoms with E-state index in [1.807, 2.05) is 6.07 Å². The third-order valence-electron chi connectivity index (χ3n) is 3.18. The lowest BCUT2D eigenvalue weighted by atomic mass is 10.2. The molecule has 0 spiro atoms. The van der Waals surface area contributed by atoms with E-state index >= 15 is 0 Å². The molecule has 0 amide bonds. The van der Waals surface area contributed by atoms with Gasteiger partial charge in [0.15, 0.2) is 0 Å². The molecule has 0 aromatic heterocycles. The number of benzene rings is 1. The predicted octanol–water partition coefficient (Wildman–Crippen LogP) is 3.19. The average Bonchev–Trinajstić information content (AvgIpc) is 2.79. The number of nitrogens with one attached hydrogen (secondary N) is 1. The minimum absolute atomic E-state index is 0.352. The molecular weight excluding hydrogens is 236 g/mol. The van der Waals surface area contributed by atoms with Crippen molar-refractivity contribution < 1.29 is 4.74 Å². The molecule has 0 radical (unpaired) electrons. The fourth-order valence-electron chi connectivity index (χ4n) is 2.21. The van der Waals surface area contributed by atoms with Gasteiger partial charge in [-0.15, -0.1) is 0 Å². The average molecular weight is 251 g/mol. The topological polar surface area (TPSA) is 45.0 Å². The Labute approximate surface area is 106 Å². The highest BCUT2D eigenvalue weighted by Gasteiger charge is 2.24. The van der Waals surface area contributed by atoms with Crippen LogP contribution in [0.4, 0.5) is 5.69 Å². The Morgan fingerprint density at radius 2 is 2.29 bits per heavy atom. The van der Waals surface area contributed by atoms with Gasteiger partial charge in [0.05, 0.1) is 28.4 Å². The summed E-state index contributed by atoms with van der Waals surface area (Å²) >= 11 is 6.11. The van der Waals surface area contributed by atoms with Crippen LogP contribution in [0.25, 0.3) is 0 Å². The highest BCUT2D eigenvalue weighted by Crippen LogP contribution is 2.29. The van der Waals surface area contributed by atoms with E-state index in [0.29, 0.717) is 22.7 Å². The number of hydrogen-bond acceptors (Lipinski definition) is 3. The van der Waals surface area contributed by atoms with E-state index < -0.39 is 0 Å². The molecule has 1 aliphatic carbocycles. The lowest BCUT2D eigenvalue weighted by Crippen LogP contribution is -2.17. The first kappa shape index (κ1) is 12.2. The summed E-state index contributed by atoms with van der Waals surface area (Å²) in [7, 11) is 1.75. The molecule has 90 valence electrons. The number of nitrogens with zero attached hydrogens (tertiary/aromatic N) is 1. The quantitative estimate of drug-likeness (QED) is 0.896. The zero-order valence-electron chi connectivity index (χ0n) is 9.74. The Kier molecular flexibility index (Phi) is 3.88. The summed E-state index contributed by atoms with van der Waals surface area (Å²) in [5, 5.41) is 12.8. The van der Waals surface area contributed by atoms with Crippen molar-refractivity contribution in [1.82, 2.24) is 0 Å². The van der Waals surface area contributed by atoms with Crippen LogP contribution >= 0.6 is 11.6 Å². The molecule has 0 bridgehead atoms. The molecular formula is C13H15ClN2O. The van der Waals surface area contributed by atoms with E-state index in [-0.39, 0.29) is 0 Å². The van der Waals surface area contributed by atoms with Crippen molar-refractivity contribution in [2.24, 2.45) is 0 Å². The number of methoxy groups -OCH3 is 1. The molecule has 2 unspecified atom stereocenters. The van der Waals surface area contributed by atoms with Crippen molar-refractivity contribution in [3.63, 3.8) is 0 Å². The molecule has 1 N–H and O–H groups in total. The molecule has 2 atom stereocenters. The summed E-state index contributed by atoms with van der Waals surface area (Å²) < 4.78 is 5.33. The summed E-state index contributed by atoms with van der Waals surface area (Å²) in [6, 6.07) is 7.80. The molecule has 1 fully saturated rings.